The van der Waals surface area contributed by atoms with E-state index in [1.807, 2.05) is 7.05 Å². The smallest absolute Gasteiger partial charge is 0.129 e. The van der Waals surface area contributed by atoms with Gasteiger partial charge in [0.05, 0.1) is 0 Å². The minimum Gasteiger partial charge on any atom is -0.398 e. The average molecular weight is 252 g/mol. The number of nitrogens with two attached hydrogens (primary N) is 1. The molecule has 1 heterocycles. The summed E-state index contributed by atoms with van der Waals surface area (Å²) in [6, 6.07) is 4.86. The first kappa shape index (κ1) is 13.3. The predicted octanol–water partition coefficient (Wildman–Crippen LogP) is 2.27. The Hall–Kier alpha value is -1.13. The molecule has 0 atom stereocenters. The Labute approximate surface area is 108 Å². The Morgan fingerprint density at radius 1 is 1.39 bits per heavy atom. The highest BCUT2D eigenvalue weighted by Gasteiger charge is 2.17. The van der Waals surface area contributed by atoms with Gasteiger partial charge >= 0.3 is 0 Å². The highest BCUT2D eigenvalue weighted by atomic mass is 19.1. The molecule has 2 rings (SSSR count). The second-order valence-corrected chi connectivity index (χ2v) is 5.06. The van der Waals surface area contributed by atoms with Crippen molar-refractivity contribution < 1.29 is 9.13 Å². The number of nitrogen functional groups attached to an aromatic ring is 1. The fourth-order valence-corrected chi connectivity index (χ4v) is 2.45. The molecule has 0 aromatic heterocycles. The Morgan fingerprint density at radius 2 is 2.11 bits per heavy atom. The summed E-state index contributed by atoms with van der Waals surface area (Å²) < 4.78 is 19.0. The first-order valence-electron chi connectivity index (χ1n) is 6.46. The molecule has 1 fully saturated rings. The summed E-state index contributed by atoms with van der Waals surface area (Å²) in [5.74, 6) is 0.436. The van der Waals surface area contributed by atoms with Crippen molar-refractivity contribution in [1.82, 2.24) is 4.90 Å². The largest absolute Gasteiger partial charge is 0.398 e. The molecule has 1 aromatic rings. The van der Waals surface area contributed by atoms with E-state index in [0.717, 1.165) is 32.6 Å². The van der Waals surface area contributed by atoms with Gasteiger partial charge in [-0.05, 0) is 37.9 Å². The van der Waals surface area contributed by atoms with Crippen molar-refractivity contribution in [3.8, 4) is 0 Å². The zero-order valence-corrected chi connectivity index (χ0v) is 10.9. The molecule has 4 heteroatoms. The molecule has 1 aliphatic heterocycles. The third-order valence-electron chi connectivity index (χ3n) is 3.49. The van der Waals surface area contributed by atoms with Gasteiger partial charge in [0.25, 0.3) is 0 Å². The van der Waals surface area contributed by atoms with Crippen molar-refractivity contribution in [2.45, 2.75) is 19.4 Å². The second kappa shape index (κ2) is 6.16. The van der Waals surface area contributed by atoms with Crippen LogP contribution < -0.4 is 5.73 Å². The lowest BCUT2D eigenvalue weighted by Crippen LogP contribution is -2.29. The Morgan fingerprint density at radius 3 is 2.78 bits per heavy atom. The van der Waals surface area contributed by atoms with Crippen molar-refractivity contribution in [2.75, 3.05) is 32.5 Å². The summed E-state index contributed by atoms with van der Waals surface area (Å²) in [4.78, 5) is 2.14. The third kappa shape index (κ3) is 3.43. The van der Waals surface area contributed by atoms with Gasteiger partial charge in [-0.25, -0.2) is 4.39 Å². The highest BCUT2D eigenvalue weighted by molar-refractivity contribution is 5.47. The van der Waals surface area contributed by atoms with Gasteiger partial charge in [0.1, 0.15) is 5.82 Å². The van der Waals surface area contributed by atoms with Gasteiger partial charge in [-0.2, -0.15) is 0 Å². The maximum Gasteiger partial charge on any atom is 0.129 e. The molecule has 18 heavy (non-hydrogen) atoms. The summed E-state index contributed by atoms with van der Waals surface area (Å²) in [6.45, 7) is 3.23. The molecule has 1 aromatic carbocycles. The van der Waals surface area contributed by atoms with Crippen LogP contribution in [0.1, 0.15) is 18.4 Å². The maximum absolute atomic E-state index is 13.7. The van der Waals surface area contributed by atoms with Crippen LogP contribution in [-0.2, 0) is 11.3 Å². The summed E-state index contributed by atoms with van der Waals surface area (Å²) in [6.07, 6.45) is 2.19. The Bertz CT molecular complexity index is 371. The van der Waals surface area contributed by atoms with Gasteiger partial charge in [-0.1, -0.05) is 6.07 Å². The molecule has 0 saturated carbocycles. The number of hydrogen-bond donors (Lipinski definition) is 1. The van der Waals surface area contributed by atoms with Crippen molar-refractivity contribution in [3.05, 3.63) is 29.6 Å². The number of hydrogen-bond acceptors (Lipinski definition) is 3. The fraction of sp³-hybridized carbons (Fsp3) is 0.571. The highest BCUT2D eigenvalue weighted by Crippen LogP contribution is 2.20. The van der Waals surface area contributed by atoms with E-state index in [2.05, 4.69) is 4.90 Å². The lowest BCUT2D eigenvalue weighted by atomic mass is 9.99. The quantitative estimate of drug-likeness (QED) is 0.835. The van der Waals surface area contributed by atoms with Crippen molar-refractivity contribution in [3.63, 3.8) is 0 Å². The zero-order valence-electron chi connectivity index (χ0n) is 10.9. The van der Waals surface area contributed by atoms with E-state index in [4.69, 9.17) is 10.5 Å². The molecule has 0 aliphatic carbocycles. The van der Waals surface area contributed by atoms with Gasteiger partial charge < -0.3 is 15.4 Å². The van der Waals surface area contributed by atoms with Crippen molar-refractivity contribution in [1.29, 1.82) is 0 Å². The first-order chi connectivity index (χ1) is 8.66. The fourth-order valence-electron chi connectivity index (χ4n) is 2.45. The van der Waals surface area contributed by atoms with Gasteiger partial charge in [-0.3, -0.25) is 0 Å². The molecule has 0 radical (unpaired) electrons. The average Bonchev–Trinajstić information content (AvgIpc) is 2.35. The molecule has 2 N–H and O–H groups in total. The molecule has 3 nitrogen and oxygen atoms in total. The SMILES string of the molecule is CN(Cc1c(N)cccc1F)CC1CCOCC1. The number of halogens is 1. The van der Waals surface area contributed by atoms with E-state index in [1.165, 1.54) is 6.07 Å². The number of nitrogens with zero attached hydrogens (tertiary/aromatic N) is 1. The molecule has 0 spiro atoms. The van der Waals surface area contributed by atoms with Crippen molar-refractivity contribution in [2.24, 2.45) is 5.92 Å². The molecule has 1 saturated heterocycles. The number of benzene rings is 1. The first-order valence-corrected chi connectivity index (χ1v) is 6.46. The predicted molar refractivity (Wildman–Crippen MR) is 70.7 cm³/mol. The van der Waals surface area contributed by atoms with Gasteiger partial charge in [0.2, 0.25) is 0 Å². The molecular weight excluding hydrogens is 231 g/mol. The second-order valence-electron chi connectivity index (χ2n) is 5.06. The van der Waals surface area contributed by atoms with Crippen molar-refractivity contribution >= 4 is 5.69 Å². The van der Waals surface area contributed by atoms with E-state index >= 15 is 0 Å². The molecule has 0 unspecified atom stereocenters. The molecule has 0 bridgehead atoms. The molecule has 1 aliphatic rings. The van der Waals surface area contributed by atoms with E-state index < -0.39 is 0 Å². The Kier molecular flexibility index (Phi) is 4.55. The lowest BCUT2D eigenvalue weighted by Gasteiger charge is -2.27. The summed E-state index contributed by atoms with van der Waals surface area (Å²) in [5, 5.41) is 0. The van der Waals surface area contributed by atoms with Crippen LogP contribution in [-0.4, -0.2) is 31.7 Å². The van der Waals surface area contributed by atoms with Crippen LogP contribution in [0.4, 0.5) is 10.1 Å². The van der Waals surface area contributed by atoms with E-state index in [-0.39, 0.29) is 5.82 Å². The minimum absolute atomic E-state index is 0.214. The van der Waals surface area contributed by atoms with Crippen LogP contribution in [0.2, 0.25) is 0 Å². The zero-order chi connectivity index (χ0) is 13.0. The molecular formula is C14H21FN2O. The van der Waals surface area contributed by atoms with Gasteiger partial charge in [-0.15, -0.1) is 0 Å². The van der Waals surface area contributed by atoms with Crippen LogP contribution in [0.3, 0.4) is 0 Å². The number of rotatable bonds is 4. The van der Waals surface area contributed by atoms with E-state index in [1.54, 1.807) is 12.1 Å². The maximum atomic E-state index is 13.7. The monoisotopic (exact) mass is 252 g/mol. The standard InChI is InChI=1S/C14H21FN2O/c1-17(9-11-5-7-18-8-6-11)10-12-13(15)3-2-4-14(12)16/h2-4,11H,5-10,16H2,1H3. The molecule has 100 valence electrons. The summed E-state index contributed by atoms with van der Waals surface area (Å²) >= 11 is 0. The number of anilines is 1. The summed E-state index contributed by atoms with van der Waals surface area (Å²) in [7, 11) is 2.02. The summed E-state index contributed by atoms with van der Waals surface area (Å²) in [5.41, 5.74) is 6.96. The van der Waals surface area contributed by atoms with Crippen LogP contribution in [0, 0.1) is 11.7 Å². The van der Waals surface area contributed by atoms with E-state index in [9.17, 15) is 4.39 Å². The van der Waals surface area contributed by atoms with Gasteiger partial charge in [0.15, 0.2) is 0 Å². The minimum atomic E-state index is -0.214. The van der Waals surface area contributed by atoms with Crippen LogP contribution in [0.25, 0.3) is 0 Å². The third-order valence-corrected chi connectivity index (χ3v) is 3.49. The normalized spacial score (nSPS) is 17.3. The topological polar surface area (TPSA) is 38.5 Å². The molecule has 0 amide bonds. The van der Waals surface area contributed by atoms with Crippen LogP contribution in [0.15, 0.2) is 18.2 Å². The van der Waals surface area contributed by atoms with Crippen LogP contribution in [0.5, 0.6) is 0 Å². The van der Waals surface area contributed by atoms with Crippen LogP contribution >= 0.6 is 0 Å². The lowest BCUT2D eigenvalue weighted by molar-refractivity contribution is 0.0549. The number of ether oxygens (including phenoxy) is 1. The van der Waals surface area contributed by atoms with E-state index in [0.29, 0.717) is 23.7 Å². The Balaban J connectivity index is 1.92. The van der Waals surface area contributed by atoms with Gasteiger partial charge in [0, 0.05) is 37.6 Å².